The molecular formula is C21H19Cl2Zr-. The zero-order valence-corrected chi connectivity index (χ0v) is 17.8. The molecule has 4 rings (SSSR count). The van der Waals surface area contributed by atoms with Crippen molar-refractivity contribution in [2.75, 3.05) is 0 Å². The number of hydrogen-bond donors (Lipinski definition) is 0. The minimum atomic E-state index is 0. The molecule has 24 heavy (non-hydrogen) atoms. The molecule has 0 nitrogen and oxygen atoms in total. The summed E-state index contributed by atoms with van der Waals surface area (Å²) in [5.74, 6) is 0.411. The quantitative estimate of drug-likeness (QED) is 0.433. The largest absolute Gasteiger partial charge is 1.00 e. The maximum atomic E-state index is 3.44. The molecule has 0 aliphatic heterocycles. The van der Waals surface area contributed by atoms with Crippen LogP contribution >= 0.6 is 0 Å². The zero-order chi connectivity index (χ0) is 15.5. The van der Waals surface area contributed by atoms with Gasteiger partial charge >= 0.3 is 41.3 Å². The Morgan fingerprint density at radius 2 is 1.62 bits per heavy atom. The Morgan fingerprint density at radius 1 is 1.00 bits per heavy atom. The zero-order valence-electron chi connectivity index (χ0n) is 13.8. The maximum Gasteiger partial charge on any atom is -0.00189 e. The van der Waals surface area contributed by atoms with Gasteiger partial charge in [-0.05, 0) is 23.5 Å². The van der Waals surface area contributed by atoms with Crippen molar-refractivity contribution < 1.29 is 49.0 Å². The van der Waals surface area contributed by atoms with Gasteiger partial charge in [-0.15, -0.1) is 16.7 Å². The number of benzene rings is 2. The molecule has 2 aromatic rings. The summed E-state index contributed by atoms with van der Waals surface area (Å²) < 4.78 is 1.51. The molecule has 0 fully saturated rings. The normalized spacial score (nSPS) is 13.2. The molecule has 122 valence electrons. The van der Waals surface area contributed by atoms with E-state index in [0.29, 0.717) is 5.92 Å². The summed E-state index contributed by atoms with van der Waals surface area (Å²) >= 11 is 1.55. The topological polar surface area (TPSA) is 0 Å². The fourth-order valence-corrected chi connectivity index (χ4v) is 3.04. The van der Waals surface area contributed by atoms with Crippen LogP contribution in [0.1, 0.15) is 36.5 Å². The number of fused-ring (bicyclic) bond motifs is 3. The Morgan fingerprint density at radius 3 is 2.29 bits per heavy atom. The summed E-state index contributed by atoms with van der Waals surface area (Å²) in [5, 5.41) is 0. The number of rotatable bonds is 1. The summed E-state index contributed by atoms with van der Waals surface area (Å²) in [6.07, 6.45) is 9.79. The second-order valence-corrected chi connectivity index (χ2v) is 8.37. The van der Waals surface area contributed by atoms with Gasteiger partial charge in [0.2, 0.25) is 0 Å². The Hall–Kier alpha value is -0.747. The van der Waals surface area contributed by atoms with Gasteiger partial charge in [-0.3, -0.25) is 0 Å². The van der Waals surface area contributed by atoms with Crippen molar-refractivity contribution in [3.05, 3.63) is 83.5 Å². The second kappa shape index (κ2) is 9.66. The van der Waals surface area contributed by atoms with E-state index in [0.717, 1.165) is 6.42 Å². The third-order valence-electron chi connectivity index (χ3n) is 3.90. The van der Waals surface area contributed by atoms with E-state index in [1.54, 1.807) is 24.2 Å². The van der Waals surface area contributed by atoms with Crippen molar-refractivity contribution in [2.45, 2.75) is 26.2 Å². The average molecular weight is 434 g/mol. The van der Waals surface area contributed by atoms with Crippen molar-refractivity contribution in [2.24, 2.45) is 0 Å². The first-order valence-electron chi connectivity index (χ1n) is 7.65. The van der Waals surface area contributed by atoms with Crippen molar-refractivity contribution in [3.8, 4) is 11.1 Å². The smallest absolute Gasteiger partial charge is 0.00189 e. The predicted molar refractivity (Wildman–Crippen MR) is 90.9 cm³/mol. The van der Waals surface area contributed by atoms with Gasteiger partial charge in [0.15, 0.2) is 0 Å². The fourth-order valence-electron chi connectivity index (χ4n) is 3.04. The van der Waals surface area contributed by atoms with Gasteiger partial charge in [-0.25, -0.2) is 0 Å². The molecule has 0 heterocycles. The monoisotopic (exact) mass is 431 g/mol. The third kappa shape index (κ3) is 4.66. The van der Waals surface area contributed by atoms with Gasteiger partial charge < -0.3 is 24.8 Å². The predicted octanol–water partition coefficient (Wildman–Crippen LogP) is -0.979. The van der Waals surface area contributed by atoms with Gasteiger partial charge in [-0.1, -0.05) is 48.6 Å². The molecule has 2 aliphatic rings. The Bertz CT molecular complexity index is 759. The van der Waals surface area contributed by atoms with E-state index < -0.39 is 0 Å². The summed E-state index contributed by atoms with van der Waals surface area (Å²) in [5.41, 5.74) is 7.04. The molecule has 2 aliphatic carbocycles. The molecule has 3 heteroatoms. The summed E-state index contributed by atoms with van der Waals surface area (Å²) in [6, 6.07) is 16.4. The molecule has 0 aromatic heterocycles. The van der Waals surface area contributed by atoms with Gasteiger partial charge in [0.1, 0.15) is 0 Å². The number of allylic oxidation sites excluding steroid dienone is 4. The minimum Gasteiger partial charge on any atom is -1.00 e. The third-order valence-corrected chi connectivity index (χ3v) is 3.90. The Balaban J connectivity index is 0.000000438. The van der Waals surface area contributed by atoms with Crippen molar-refractivity contribution in [1.82, 2.24) is 0 Å². The van der Waals surface area contributed by atoms with Crippen LogP contribution in [0.3, 0.4) is 0 Å². The summed E-state index contributed by atoms with van der Waals surface area (Å²) in [7, 11) is 0. The summed E-state index contributed by atoms with van der Waals surface area (Å²) in [4.78, 5) is 0. The van der Waals surface area contributed by atoms with E-state index in [4.69, 9.17) is 0 Å². The van der Waals surface area contributed by atoms with Gasteiger partial charge in [0.25, 0.3) is 0 Å². The van der Waals surface area contributed by atoms with Gasteiger partial charge in [0.05, 0.1) is 0 Å². The molecule has 0 spiro atoms. The average Bonchev–Trinajstić information content (AvgIpc) is 3.14. The Labute approximate surface area is 172 Å². The van der Waals surface area contributed by atoms with Crippen LogP contribution in [0, 0.1) is 6.07 Å². The van der Waals surface area contributed by atoms with Crippen molar-refractivity contribution in [1.29, 1.82) is 0 Å². The first kappa shape index (κ1) is 21.3. The molecule has 0 N–H and O–H groups in total. The van der Waals surface area contributed by atoms with Crippen LogP contribution in [0.4, 0.5) is 0 Å². The van der Waals surface area contributed by atoms with E-state index in [1.165, 1.54) is 31.0 Å². The van der Waals surface area contributed by atoms with E-state index in [-0.39, 0.29) is 24.8 Å². The molecule has 0 amide bonds. The van der Waals surface area contributed by atoms with Crippen LogP contribution in [0.25, 0.3) is 11.1 Å². The van der Waals surface area contributed by atoms with Crippen LogP contribution in [0.2, 0.25) is 0 Å². The molecule has 2 aromatic carbocycles. The molecule has 0 saturated heterocycles. The number of hydrogen-bond acceptors (Lipinski definition) is 0. The molecule has 0 atom stereocenters. The van der Waals surface area contributed by atoms with E-state index >= 15 is 0 Å². The fraction of sp³-hybridized carbons (Fsp3) is 0.190. The minimum absolute atomic E-state index is 0. The van der Waals surface area contributed by atoms with Gasteiger partial charge in [0, 0.05) is 0 Å². The molecule has 0 saturated carbocycles. The van der Waals surface area contributed by atoms with Crippen molar-refractivity contribution >= 4 is 3.21 Å². The van der Waals surface area contributed by atoms with E-state index in [1.807, 2.05) is 0 Å². The first-order chi connectivity index (χ1) is 10.7. The van der Waals surface area contributed by atoms with Crippen LogP contribution in [-0.2, 0) is 30.7 Å². The van der Waals surface area contributed by atoms with Gasteiger partial charge in [-0.2, -0.15) is 18.2 Å². The van der Waals surface area contributed by atoms with Crippen LogP contribution in [0.15, 0.2) is 60.7 Å². The maximum absolute atomic E-state index is 3.44. The summed E-state index contributed by atoms with van der Waals surface area (Å²) in [6.45, 7) is 4.25. The van der Waals surface area contributed by atoms with Crippen molar-refractivity contribution in [3.63, 3.8) is 0 Å². The second-order valence-electron chi connectivity index (χ2n) is 5.91. The van der Waals surface area contributed by atoms with Crippen LogP contribution in [0.5, 0.6) is 0 Å². The van der Waals surface area contributed by atoms with Crippen LogP contribution < -0.4 is 24.8 Å². The number of halogens is 2. The standard InChI is InChI=1S/C18H13.C3H6.2ClH.Zr/c1-2-7-13(6-1)15-10-5-11-17-16-9-4-3-8-14(16)12-18(15)17;1-3-2;;;/h1-9,11,13H,12H2;1-2H3;2*1H;/q-1;;;;+2/p-2. The van der Waals surface area contributed by atoms with Crippen LogP contribution in [-0.4, -0.2) is 3.21 Å². The molecule has 0 bridgehead atoms. The first-order valence-corrected chi connectivity index (χ1v) is 8.88. The Kier molecular flexibility index (Phi) is 8.57. The molecule has 0 unspecified atom stereocenters. The van der Waals surface area contributed by atoms with E-state index in [2.05, 4.69) is 80.6 Å². The SMILES string of the molecule is C[C](C)=[Zr+2].[Cl-].[Cl-].[c-]1ccc2c(c1C1C=CC=C1)Cc1ccccc1-2. The van der Waals surface area contributed by atoms with E-state index in [9.17, 15) is 0 Å². The molecular weight excluding hydrogens is 414 g/mol. The molecule has 0 radical (unpaired) electrons.